The summed E-state index contributed by atoms with van der Waals surface area (Å²) in [5.74, 6) is -1.67. The van der Waals surface area contributed by atoms with E-state index in [1.54, 1.807) is 31.2 Å². The maximum Gasteiger partial charge on any atom is 0.309 e. The van der Waals surface area contributed by atoms with Gasteiger partial charge in [0, 0.05) is 5.02 Å². The lowest BCUT2D eigenvalue weighted by molar-refractivity contribution is -0.155. The van der Waals surface area contributed by atoms with Crippen LogP contribution in [0.2, 0.25) is 5.02 Å². The summed E-state index contributed by atoms with van der Waals surface area (Å²) in [5, 5.41) is 20.8. The number of aliphatic hydroxyl groups is 1. The number of benzene rings is 1. The molecule has 2 rings (SSSR count). The molecule has 0 aliphatic heterocycles. The predicted molar refractivity (Wildman–Crippen MR) is 69.5 cm³/mol. The molecule has 2 N–H and O–H groups in total. The number of halogens is 1. The van der Waals surface area contributed by atoms with Crippen molar-refractivity contribution in [3.05, 3.63) is 34.9 Å². The molecule has 0 bridgehead atoms. The highest BCUT2D eigenvalue weighted by molar-refractivity contribution is 6.30. The van der Waals surface area contributed by atoms with Gasteiger partial charge in [0.25, 0.3) is 0 Å². The lowest BCUT2D eigenvalue weighted by Gasteiger charge is -2.34. The number of aliphatic carboxylic acids is 1. The summed E-state index contributed by atoms with van der Waals surface area (Å²) in [6, 6.07) is 6.84. The van der Waals surface area contributed by atoms with Crippen molar-refractivity contribution in [2.45, 2.75) is 31.8 Å². The molecule has 1 aliphatic carbocycles. The van der Waals surface area contributed by atoms with Crippen LogP contribution in [0, 0.1) is 11.8 Å². The van der Waals surface area contributed by atoms with Crippen molar-refractivity contribution in [2.75, 3.05) is 0 Å². The van der Waals surface area contributed by atoms with Crippen LogP contribution < -0.4 is 0 Å². The molecule has 0 aromatic heterocycles. The van der Waals surface area contributed by atoms with E-state index in [2.05, 4.69) is 0 Å². The SMILES string of the molecule is CCC(C(=O)O)C(O)(c1ccc(Cl)cc1)C1CC1. The first kappa shape index (κ1) is 13.4. The molecular weight excluding hydrogens is 252 g/mol. The van der Waals surface area contributed by atoms with E-state index in [9.17, 15) is 15.0 Å². The lowest BCUT2D eigenvalue weighted by Crippen LogP contribution is -2.41. The number of carboxylic acid groups (broad SMARTS) is 1. The van der Waals surface area contributed by atoms with E-state index in [0.717, 1.165) is 12.8 Å². The number of hydrogen-bond acceptors (Lipinski definition) is 2. The van der Waals surface area contributed by atoms with Crippen LogP contribution >= 0.6 is 11.6 Å². The van der Waals surface area contributed by atoms with Crippen molar-refractivity contribution in [1.29, 1.82) is 0 Å². The highest BCUT2D eigenvalue weighted by Gasteiger charge is 2.52. The van der Waals surface area contributed by atoms with E-state index in [-0.39, 0.29) is 5.92 Å². The molecule has 1 fully saturated rings. The molecule has 4 heteroatoms. The Hall–Kier alpha value is -1.06. The Balaban J connectivity index is 2.42. The normalized spacial score (nSPS) is 20.2. The largest absolute Gasteiger partial charge is 0.481 e. The number of rotatable bonds is 5. The molecule has 98 valence electrons. The van der Waals surface area contributed by atoms with Crippen LogP contribution in [0.1, 0.15) is 31.7 Å². The average Bonchev–Trinajstić information content (AvgIpc) is 3.13. The van der Waals surface area contributed by atoms with E-state index < -0.39 is 17.5 Å². The van der Waals surface area contributed by atoms with Gasteiger partial charge in [-0.15, -0.1) is 0 Å². The molecule has 0 saturated heterocycles. The molecule has 2 atom stereocenters. The first-order chi connectivity index (χ1) is 8.50. The topological polar surface area (TPSA) is 57.5 Å². The van der Waals surface area contributed by atoms with Gasteiger partial charge in [-0.1, -0.05) is 30.7 Å². The fourth-order valence-corrected chi connectivity index (χ4v) is 2.76. The minimum absolute atomic E-state index is 0.0414. The predicted octanol–water partition coefficient (Wildman–Crippen LogP) is 3.05. The van der Waals surface area contributed by atoms with Crippen LogP contribution in [0.25, 0.3) is 0 Å². The minimum Gasteiger partial charge on any atom is -0.481 e. The Morgan fingerprint density at radius 2 is 2.00 bits per heavy atom. The van der Waals surface area contributed by atoms with Gasteiger partial charge in [0.05, 0.1) is 5.92 Å². The van der Waals surface area contributed by atoms with Crippen molar-refractivity contribution in [3.8, 4) is 0 Å². The summed E-state index contributed by atoms with van der Waals surface area (Å²) in [4.78, 5) is 11.4. The standard InChI is InChI=1S/C14H17ClO3/c1-2-12(13(16)17)14(18,9-3-4-9)10-5-7-11(15)8-6-10/h5-9,12,18H,2-4H2,1H3,(H,16,17). The molecular formula is C14H17ClO3. The van der Waals surface area contributed by atoms with Gasteiger partial charge in [0.15, 0.2) is 0 Å². The smallest absolute Gasteiger partial charge is 0.309 e. The van der Waals surface area contributed by atoms with E-state index in [1.165, 1.54) is 0 Å². The van der Waals surface area contributed by atoms with Crippen LogP contribution in [-0.2, 0) is 10.4 Å². The second-order valence-corrected chi connectivity index (χ2v) is 5.34. The number of hydrogen-bond donors (Lipinski definition) is 2. The fraction of sp³-hybridized carbons (Fsp3) is 0.500. The second-order valence-electron chi connectivity index (χ2n) is 4.91. The third kappa shape index (κ3) is 2.25. The van der Waals surface area contributed by atoms with E-state index in [0.29, 0.717) is 17.0 Å². The summed E-state index contributed by atoms with van der Waals surface area (Å²) in [6.07, 6.45) is 2.16. The molecule has 0 heterocycles. The van der Waals surface area contributed by atoms with E-state index in [1.807, 2.05) is 0 Å². The maximum atomic E-state index is 11.4. The Labute approximate surface area is 111 Å². The first-order valence-corrected chi connectivity index (χ1v) is 6.59. The summed E-state index contributed by atoms with van der Waals surface area (Å²) >= 11 is 5.83. The Bertz CT molecular complexity index is 439. The van der Waals surface area contributed by atoms with Crippen LogP contribution in [0.3, 0.4) is 0 Å². The molecule has 0 radical (unpaired) electrons. The van der Waals surface area contributed by atoms with Gasteiger partial charge in [-0.3, -0.25) is 4.79 Å². The van der Waals surface area contributed by atoms with Crippen molar-refractivity contribution >= 4 is 17.6 Å². The van der Waals surface area contributed by atoms with E-state index in [4.69, 9.17) is 11.6 Å². The Morgan fingerprint density at radius 3 is 2.39 bits per heavy atom. The van der Waals surface area contributed by atoms with Gasteiger partial charge in [-0.2, -0.15) is 0 Å². The quantitative estimate of drug-likeness (QED) is 0.863. The van der Waals surface area contributed by atoms with Crippen molar-refractivity contribution in [2.24, 2.45) is 11.8 Å². The fourth-order valence-electron chi connectivity index (χ4n) is 2.64. The van der Waals surface area contributed by atoms with Crippen LogP contribution in [0.5, 0.6) is 0 Å². The van der Waals surface area contributed by atoms with Crippen LogP contribution in [0.15, 0.2) is 24.3 Å². The van der Waals surface area contributed by atoms with Gasteiger partial charge < -0.3 is 10.2 Å². The zero-order valence-corrected chi connectivity index (χ0v) is 11.0. The maximum absolute atomic E-state index is 11.4. The molecule has 1 aromatic rings. The first-order valence-electron chi connectivity index (χ1n) is 6.21. The molecule has 0 amide bonds. The number of carboxylic acids is 1. The molecule has 3 nitrogen and oxygen atoms in total. The Kier molecular flexibility index (Phi) is 3.64. The third-order valence-corrected chi connectivity index (χ3v) is 4.00. The third-order valence-electron chi connectivity index (χ3n) is 3.74. The zero-order valence-electron chi connectivity index (χ0n) is 10.3. The summed E-state index contributed by atoms with van der Waals surface area (Å²) in [5.41, 5.74) is -0.616. The summed E-state index contributed by atoms with van der Waals surface area (Å²) in [7, 11) is 0. The zero-order chi connectivity index (χ0) is 13.3. The van der Waals surface area contributed by atoms with Gasteiger partial charge in [0.2, 0.25) is 0 Å². The van der Waals surface area contributed by atoms with Crippen molar-refractivity contribution < 1.29 is 15.0 Å². The molecule has 1 aromatic carbocycles. The number of carbonyl (C=O) groups is 1. The van der Waals surface area contributed by atoms with E-state index >= 15 is 0 Å². The summed E-state index contributed by atoms with van der Waals surface area (Å²) in [6.45, 7) is 1.79. The lowest BCUT2D eigenvalue weighted by atomic mass is 9.76. The van der Waals surface area contributed by atoms with Crippen molar-refractivity contribution in [1.82, 2.24) is 0 Å². The Morgan fingerprint density at radius 1 is 1.44 bits per heavy atom. The average molecular weight is 269 g/mol. The molecule has 0 spiro atoms. The monoisotopic (exact) mass is 268 g/mol. The minimum atomic E-state index is -1.27. The van der Waals surface area contributed by atoms with Gasteiger partial charge in [-0.05, 0) is 42.9 Å². The van der Waals surface area contributed by atoms with Crippen LogP contribution in [-0.4, -0.2) is 16.2 Å². The second kappa shape index (κ2) is 4.90. The highest BCUT2D eigenvalue weighted by Crippen LogP contribution is 2.51. The van der Waals surface area contributed by atoms with Gasteiger partial charge in [0.1, 0.15) is 5.60 Å². The molecule has 2 unspecified atom stereocenters. The van der Waals surface area contributed by atoms with Crippen LogP contribution in [0.4, 0.5) is 0 Å². The molecule has 1 saturated carbocycles. The molecule has 18 heavy (non-hydrogen) atoms. The van der Waals surface area contributed by atoms with Gasteiger partial charge >= 0.3 is 5.97 Å². The van der Waals surface area contributed by atoms with Gasteiger partial charge in [-0.25, -0.2) is 0 Å². The summed E-state index contributed by atoms with van der Waals surface area (Å²) < 4.78 is 0. The molecule has 1 aliphatic rings. The van der Waals surface area contributed by atoms with Crippen molar-refractivity contribution in [3.63, 3.8) is 0 Å². The highest BCUT2D eigenvalue weighted by atomic mass is 35.5.